The van der Waals surface area contributed by atoms with Gasteiger partial charge in [0.25, 0.3) is 0 Å². The summed E-state index contributed by atoms with van der Waals surface area (Å²) in [6, 6.07) is 0. The van der Waals surface area contributed by atoms with E-state index >= 15 is 0 Å². The fraction of sp³-hybridized carbons (Fsp3) is 0.500. The number of hydrogen-bond donors (Lipinski definition) is 1. The fourth-order valence-corrected chi connectivity index (χ4v) is 2.32. The van der Waals surface area contributed by atoms with E-state index in [1.807, 2.05) is 6.08 Å². The highest BCUT2D eigenvalue weighted by atomic mass is 16.1. The second-order valence-corrected chi connectivity index (χ2v) is 5.11. The summed E-state index contributed by atoms with van der Waals surface area (Å²) in [5.41, 5.74) is 7.85. The van der Waals surface area contributed by atoms with Crippen LogP contribution in [0.25, 0.3) is 0 Å². The number of rotatable bonds is 3. The molecule has 0 saturated carbocycles. The smallest absolute Gasteiger partial charge is 0.144 e. The van der Waals surface area contributed by atoms with Crippen molar-refractivity contribution in [1.29, 1.82) is 0 Å². The predicted molar refractivity (Wildman–Crippen MR) is 67.7 cm³/mol. The first-order chi connectivity index (χ1) is 7.47. The van der Waals surface area contributed by atoms with Crippen molar-refractivity contribution in [2.24, 2.45) is 17.1 Å². The standard InChI is InChI=1S/C14H21NO/c1-11-5-4-9-14(2,3)13(11)7-6-12(15)8-10-16/h5-8,10,13H,4,9,15H2,1-3H3/b7-6+,12-8-. The molecule has 0 spiro atoms. The molecule has 16 heavy (non-hydrogen) atoms. The molecule has 2 N–H and O–H groups in total. The number of carbonyl (C=O) groups excluding carboxylic acids is 1. The van der Waals surface area contributed by atoms with Crippen LogP contribution in [-0.4, -0.2) is 6.29 Å². The molecule has 1 unspecified atom stereocenters. The molecular formula is C14H21NO. The van der Waals surface area contributed by atoms with Gasteiger partial charge < -0.3 is 5.73 Å². The van der Waals surface area contributed by atoms with Crippen molar-refractivity contribution >= 4 is 6.29 Å². The maximum Gasteiger partial charge on any atom is 0.144 e. The molecule has 0 amide bonds. The van der Waals surface area contributed by atoms with Crippen LogP contribution < -0.4 is 5.73 Å². The SMILES string of the molecule is CC1=CCCC(C)(C)C1/C=C/C(N)=C/C=O. The van der Waals surface area contributed by atoms with E-state index in [9.17, 15) is 4.79 Å². The number of hydrogen-bond acceptors (Lipinski definition) is 2. The van der Waals surface area contributed by atoms with E-state index < -0.39 is 0 Å². The average molecular weight is 219 g/mol. The van der Waals surface area contributed by atoms with Gasteiger partial charge in [0.05, 0.1) is 0 Å². The molecule has 0 heterocycles. The van der Waals surface area contributed by atoms with Crippen molar-refractivity contribution in [1.82, 2.24) is 0 Å². The topological polar surface area (TPSA) is 43.1 Å². The monoisotopic (exact) mass is 219 g/mol. The zero-order valence-corrected chi connectivity index (χ0v) is 10.4. The molecule has 2 heteroatoms. The summed E-state index contributed by atoms with van der Waals surface area (Å²) in [6.07, 6.45) is 10.7. The van der Waals surface area contributed by atoms with Gasteiger partial charge in [-0.15, -0.1) is 0 Å². The number of carbonyl (C=O) groups is 1. The van der Waals surface area contributed by atoms with Crippen molar-refractivity contribution in [2.45, 2.75) is 33.6 Å². The van der Waals surface area contributed by atoms with Gasteiger partial charge in [0, 0.05) is 17.7 Å². The molecule has 2 nitrogen and oxygen atoms in total. The van der Waals surface area contributed by atoms with Gasteiger partial charge in [-0.05, 0) is 31.3 Å². The summed E-state index contributed by atoms with van der Waals surface area (Å²) in [6.45, 7) is 6.71. The van der Waals surface area contributed by atoms with Crippen LogP contribution >= 0.6 is 0 Å². The minimum atomic E-state index is 0.275. The Labute approximate surface area is 97.9 Å². The lowest BCUT2D eigenvalue weighted by Crippen LogP contribution is -2.26. The summed E-state index contributed by atoms with van der Waals surface area (Å²) in [7, 11) is 0. The molecule has 0 bridgehead atoms. The maximum atomic E-state index is 10.3. The van der Waals surface area contributed by atoms with E-state index in [1.165, 1.54) is 18.1 Å². The molecule has 0 fully saturated rings. The Kier molecular flexibility index (Phi) is 4.11. The summed E-state index contributed by atoms with van der Waals surface area (Å²) >= 11 is 0. The Hall–Kier alpha value is -1.31. The molecule has 1 aliphatic carbocycles. The van der Waals surface area contributed by atoms with Crippen molar-refractivity contribution < 1.29 is 4.79 Å². The van der Waals surface area contributed by atoms with Gasteiger partial charge in [0.2, 0.25) is 0 Å². The summed E-state index contributed by atoms with van der Waals surface area (Å²) < 4.78 is 0. The normalized spacial score (nSPS) is 25.6. The zero-order valence-electron chi connectivity index (χ0n) is 10.4. The first-order valence-corrected chi connectivity index (χ1v) is 5.73. The van der Waals surface area contributed by atoms with Crippen LogP contribution in [0.2, 0.25) is 0 Å². The lowest BCUT2D eigenvalue weighted by atomic mass is 9.68. The van der Waals surface area contributed by atoms with Crippen LogP contribution in [-0.2, 0) is 4.79 Å². The van der Waals surface area contributed by atoms with Gasteiger partial charge in [-0.2, -0.15) is 0 Å². The largest absolute Gasteiger partial charge is 0.399 e. The molecule has 0 aromatic rings. The third-order valence-corrected chi connectivity index (χ3v) is 3.33. The van der Waals surface area contributed by atoms with E-state index in [2.05, 4.69) is 32.9 Å². The molecule has 0 aromatic heterocycles. The molecular weight excluding hydrogens is 198 g/mol. The molecule has 1 aliphatic rings. The fourth-order valence-electron chi connectivity index (χ4n) is 2.32. The van der Waals surface area contributed by atoms with Gasteiger partial charge in [0.15, 0.2) is 0 Å². The molecule has 88 valence electrons. The minimum Gasteiger partial charge on any atom is -0.399 e. The Bertz CT molecular complexity index is 348. The van der Waals surface area contributed by atoms with Crippen LogP contribution in [0.5, 0.6) is 0 Å². The summed E-state index contributed by atoms with van der Waals surface area (Å²) in [5.74, 6) is 0.417. The van der Waals surface area contributed by atoms with E-state index in [0.717, 1.165) is 6.42 Å². The summed E-state index contributed by atoms with van der Waals surface area (Å²) in [4.78, 5) is 10.3. The molecule has 1 rings (SSSR count). The maximum absolute atomic E-state index is 10.3. The highest BCUT2D eigenvalue weighted by molar-refractivity contribution is 5.66. The zero-order chi connectivity index (χ0) is 12.2. The van der Waals surface area contributed by atoms with E-state index in [4.69, 9.17) is 5.73 Å². The second kappa shape index (κ2) is 5.15. The van der Waals surface area contributed by atoms with Crippen molar-refractivity contribution in [3.05, 3.63) is 35.6 Å². The lowest BCUT2D eigenvalue weighted by Gasteiger charge is -2.36. The molecule has 1 atom stereocenters. The minimum absolute atomic E-state index is 0.275. The van der Waals surface area contributed by atoms with Gasteiger partial charge >= 0.3 is 0 Å². The number of nitrogens with two attached hydrogens (primary N) is 1. The van der Waals surface area contributed by atoms with Crippen molar-refractivity contribution in [2.75, 3.05) is 0 Å². The third kappa shape index (κ3) is 3.09. The highest BCUT2D eigenvalue weighted by Gasteiger charge is 2.30. The van der Waals surface area contributed by atoms with Gasteiger partial charge in [-0.3, -0.25) is 4.79 Å². The van der Waals surface area contributed by atoms with Crippen LogP contribution in [0.15, 0.2) is 35.6 Å². The molecule has 0 aliphatic heterocycles. The van der Waals surface area contributed by atoms with Crippen LogP contribution in [0.1, 0.15) is 33.6 Å². The molecule has 0 aromatic carbocycles. The Morgan fingerprint density at radius 1 is 1.56 bits per heavy atom. The van der Waals surface area contributed by atoms with Gasteiger partial charge in [-0.25, -0.2) is 0 Å². The first-order valence-electron chi connectivity index (χ1n) is 5.73. The molecule has 0 radical (unpaired) electrons. The number of aldehydes is 1. The quantitative estimate of drug-likeness (QED) is 0.343. The van der Waals surface area contributed by atoms with Gasteiger partial charge in [-0.1, -0.05) is 31.6 Å². The number of allylic oxidation sites excluding steroid dienone is 5. The highest BCUT2D eigenvalue weighted by Crippen LogP contribution is 2.41. The van der Waals surface area contributed by atoms with Crippen molar-refractivity contribution in [3.63, 3.8) is 0 Å². The Balaban J connectivity index is 2.85. The van der Waals surface area contributed by atoms with E-state index in [1.54, 1.807) is 0 Å². The van der Waals surface area contributed by atoms with Crippen LogP contribution in [0.3, 0.4) is 0 Å². The van der Waals surface area contributed by atoms with Crippen LogP contribution in [0, 0.1) is 11.3 Å². The van der Waals surface area contributed by atoms with Crippen molar-refractivity contribution in [3.8, 4) is 0 Å². The van der Waals surface area contributed by atoms with E-state index in [-0.39, 0.29) is 5.41 Å². The lowest BCUT2D eigenvalue weighted by molar-refractivity contribution is -0.104. The van der Waals surface area contributed by atoms with E-state index in [0.29, 0.717) is 17.9 Å². The van der Waals surface area contributed by atoms with Crippen LogP contribution in [0.4, 0.5) is 0 Å². The Morgan fingerprint density at radius 3 is 2.81 bits per heavy atom. The third-order valence-electron chi connectivity index (χ3n) is 3.33. The average Bonchev–Trinajstić information content (AvgIpc) is 2.16. The summed E-state index contributed by atoms with van der Waals surface area (Å²) in [5, 5.41) is 0. The predicted octanol–water partition coefficient (Wildman–Crippen LogP) is 2.97. The molecule has 0 saturated heterocycles. The van der Waals surface area contributed by atoms with Gasteiger partial charge in [0.1, 0.15) is 6.29 Å². The first kappa shape index (κ1) is 12.8. The Morgan fingerprint density at radius 2 is 2.25 bits per heavy atom. The second-order valence-electron chi connectivity index (χ2n) is 5.11.